The van der Waals surface area contributed by atoms with Gasteiger partial charge in [-0.05, 0) is 36.5 Å². The summed E-state index contributed by atoms with van der Waals surface area (Å²) < 4.78 is 5.24. The highest BCUT2D eigenvalue weighted by Crippen LogP contribution is 2.21. The van der Waals surface area contributed by atoms with Gasteiger partial charge < -0.3 is 14.6 Å². The zero-order valence-corrected chi connectivity index (χ0v) is 17.8. The number of hydrogen-bond donors (Lipinski definition) is 1. The van der Waals surface area contributed by atoms with Gasteiger partial charge >= 0.3 is 5.63 Å². The minimum atomic E-state index is -0.370. The van der Waals surface area contributed by atoms with E-state index in [1.165, 1.54) is 6.07 Å². The number of amides is 1. The molecule has 5 nitrogen and oxygen atoms in total. The van der Waals surface area contributed by atoms with Crippen LogP contribution in [0, 0.1) is 5.92 Å². The predicted octanol–water partition coefficient (Wildman–Crippen LogP) is 5.06. The molecule has 0 saturated heterocycles. The predicted molar refractivity (Wildman–Crippen MR) is 122 cm³/mol. The van der Waals surface area contributed by atoms with E-state index in [1.54, 1.807) is 6.07 Å². The molecule has 0 aliphatic heterocycles. The number of hydrogen-bond acceptors (Lipinski definition) is 4. The normalized spacial score (nSPS) is 11.0. The summed E-state index contributed by atoms with van der Waals surface area (Å²) in [6.45, 7) is 6.23. The maximum absolute atomic E-state index is 12.8. The molecule has 1 N–H and O–H groups in total. The molecule has 3 aromatic rings. The largest absolute Gasteiger partial charge is 0.423 e. The smallest absolute Gasteiger partial charge is 0.338 e. The van der Waals surface area contributed by atoms with Gasteiger partial charge in [0.05, 0.1) is 5.69 Å². The molecule has 0 aliphatic rings. The van der Waals surface area contributed by atoms with Crippen LogP contribution in [0.25, 0.3) is 11.0 Å². The summed E-state index contributed by atoms with van der Waals surface area (Å²) in [5, 5.41) is 4.22. The van der Waals surface area contributed by atoms with E-state index in [0.29, 0.717) is 37.6 Å². The summed E-state index contributed by atoms with van der Waals surface area (Å²) >= 11 is 0. The number of para-hydroxylation sites is 1. The Labute approximate surface area is 177 Å². The molecule has 0 saturated carbocycles. The number of carbonyl (C=O) groups is 1. The van der Waals surface area contributed by atoms with Crippen LogP contribution >= 0.6 is 0 Å². The SMILES string of the molecule is CC(C)CCC(=O)N(CCCNc1cc(=O)oc2ccccc12)Cc1ccccc1. The lowest BCUT2D eigenvalue weighted by atomic mass is 10.1. The average Bonchev–Trinajstić information content (AvgIpc) is 2.74. The van der Waals surface area contributed by atoms with Gasteiger partial charge in [0.25, 0.3) is 0 Å². The molecular weight excluding hydrogens is 376 g/mol. The number of nitrogens with one attached hydrogen (secondary N) is 1. The zero-order valence-electron chi connectivity index (χ0n) is 17.8. The summed E-state index contributed by atoms with van der Waals surface area (Å²) in [7, 11) is 0. The summed E-state index contributed by atoms with van der Waals surface area (Å²) in [6.07, 6.45) is 2.26. The average molecular weight is 407 g/mol. The van der Waals surface area contributed by atoms with E-state index in [1.807, 2.05) is 41.3 Å². The van der Waals surface area contributed by atoms with E-state index in [0.717, 1.165) is 29.5 Å². The third kappa shape index (κ3) is 6.21. The Balaban J connectivity index is 1.61. The molecule has 1 aromatic heterocycles. The van der Waals surface area contributed by atoms with Gasteiger partial charge in [-0.15, -0.1) is 0 Å². The Morgan fingerprint density at radius 1 is 1.07 bits per heavy atom. The quantitative estimate of drug-likeness (QED) is 0.378. The summed E-state index contributed by atoms with van der Waals surface area (Å²) in [5.74, 6) is 0.700. The number of anilines is 1. The molecule has 30 heavy (non-hydrogen) atoms. The molecule has 0 unspecified atom stereocenters. The number of rotatable bonds is 10. The van der Waals surface area contributed by atoms with Gasteiger partial charge in [0.2, 0.25) is 5.91 Å². The molecule has 3 rings (SSSR count). The van der Waals surface area contributed by atoms with Crippen LogP contribution in [0.4, 0.5) is 5.69 Å². The molecule has 1 heterocycles. The second-order valence-corrected chi connectivity index (χ2v) is 7.99. The fraction of sp³-hybridized carbons (Fsp3) is 0.360. The van der Waals surface area contributed by atoms with Crippen molar-refractivity contribution in [1.82, 2.24) is 4.90 Å². The van der Waals surface area contributed by atoms with Crippen molar-refractivity contribution in [2.45, 2.75) is 39.7 Å². The van der Waals surface area contributed by atoms with Gasteiger partial charge in [0.15, 0.2) is 0 Å². The molecule has 5 heteroatoms. The van der Waals surface area contributed by atoms with Crippen molar-refractivity contribution in [3.8, 4) is 0 Å². The van der Waals surface area contributed by atoms with Crippen molar-refractivity contribution < 1.29 is 9.21 Å². The van der Waals surface area contributed by atoms with Crippen LogP contribution in [0.3, 0.4) is 0 Å². The highest BCUT2D eigenvalue weighted by atomic mass is 16.4. The van der Waals surface area contributed by atoms with E-state index in [-0.39, 0.29) is 11.5 Å². The standard InChI is InChI=1S/C25H30N2O3/c1-19(2)13-14-24(28)27(18-20-9-4-3-5-10-20)16-8-15-26-22-17-25(29)30-23-12-7-6-11-21(22)23/h3-7,9-12,17,19,26H,8,13-16,18H2,1-2H3. The lowest BCUT2D eigenvalue weighted by Crippen LogP contribution is -2.32. The van der Waals surface area contributed by atoms with E-state index < -0.39 is 0 Å². The topological polar surface area (TPSA) is 62.6 Å². The fourth-order valence-corrected chi connectivity index (χ4v) is 3.42. The monoisotopic (exact) mass is 406 g/mol. The number of benzene rings is 2. The Morgan fingerprint density at radius 2 is 1.80 bits per heavy atom. The molecule has 158 valence electrons. The van der Waals surface area contributed by atoms with Crippen LogP contribution in [0.2, 0.25) is 0 Å². The van der Waals surface area contributed by atoms with Crippen molar-refractivity contribution in [1.29, 1.82) is 0 Å². The molecule has 0 spiro atoms. The molecule has 0 atom stereocenters. The van der Waals surface area contributed by atoms with E-state index in [4.69, 9.17) is 4.42 Å². The molecule has 1 amide bonds. The van der Waals surface area contributed by atoms with E-state index in [2.05, 4.69) is 31.3 Å². The van der Waals surface area contributed by atoms with Crippen LogP contribution in [-0.2, 0) is 11.3 Å². The maximum Gasteiger partial charge on any atom is 0.338 e. The van der Waals surface area contributed by atoms with E-state index >= 15 is 0 Å². The van der Waals surface area contributed by atoms with Crippen molar-refractivity contribution in [2.75, 3.05) is 18.4 Å². The highest BCUT2D eigenvalue weighted by molar-refractivity contribution is 5.89. The first kappa shape index (κ1) is 21.6. The van der Waals surface area contributed by atoms with Crippen LogP contribution in [0.1, 0.15) is 38.7 Å². The van der Waals surface area contributed by atoms with Gasteiger partial charge in [0, 0.05) is 37.5 Å². The van der Waals surface area contributed by atoms with Crippen LogP contribution in [-0.4, -0.2) is 23.9 Å². The van der Waals surface area contributed by atoms with Gasteiger partial charge in [-0.3, -0.25) is 4.79 Å². The van der Waals surface area contributed by atoms with Crippen LogP contribution in [0.15, 0.2) is 69.9 Å². The number of nitrogens with zero attached hydrogens (tertiary/aromatic N) is 1. The van der Waals surface area contributed by atoms with E-state index in [9.17, 15) is 9.59 Å². The Kier molecular flexibility index (Phi) is 7.66. The third-order valence-electron chi connectivity index (χ3n) is 5.07. The first-order valence-corrected chi connectivity index (χ1v) is 10.6. The van der Waals surface area contributed by atoms with Crippen molar-refractivity contribution in [2.24, 2.45) is 5.92 Å². The van der Waals surface area contributed by atoms with Crippen LogP contribution in [0.5, 0.6) is 0 Å². The molecule has 2 aromatic carbocycles. The number of carbonyl (C=O) groups excluding carboxylic acids is 1. The summed E-state index contributed by atoms with van der Waals surface area (Å²) in [4.78, 5) is 26.5. The molecule has 0 fully saturated rings. The third-order valence-corrected chi connectivity index (χ3v) is 5.07. The zero-order chi connectivity index (χ0) is 21.3. The Morgan fingerprint density at radius 3 is 2.57 bits per heavy atom. The van der Waals surface area contributed by atoms with Crippen molar-refractivity contribution >= 4 is 22.6 Å². The minimum absolute atomic E-state index is 0.193. The molecule has 0 radical (unpaired) electrons. The highest BCUT2D eigenvalue weighted by Gasteiger charge is 2.14. The molecule has 0 bridgehead atoms. The lowest BCUT2D eigenvalue weighted by Gasteiger charge is -2.24. The Bertz CT molecular complexity index is 1010. The number of fused-ring (bicyclic) bond motifs is 1. The van der Waals surface area contributed by atoms with Gasteiger partial charge in [-0.1, -0.05) is 56.3 Å². The first-order chi connectivity index (χ1) is 14.5. The first-order valence-electron chi connectivity index (χ1n) is 10.6. The summed E-state index contributed by atoms with van der Waals surface area (Å²) in [6, 6.07) is 19.1. The molecule has 0 aliphatic carbocycles. The van der Waals surface area contributed by atoms with Gasteiger partial charge in [0.1, 0.15) is 5.58 Å². The van der Waals surface area contributed by atoms with Gasteiger partial charge in [-0.2, -0.15) is 0 Å². The fourth-order valence-electron chi connectivity index (χ4n) is 3.42. The lowest BCUT2D eigenvalue weighted by molar-refractivity contribution is -0.132. The van der Waals surface area contributed by atoms with Crippen molar-refractivity contribution in [3.63, 3.8) is 0 Å². The second kappa shape index (κ2) is 10.6. The van der Waals surface area contributed by atoms with Gasteiger partial charge in [-0.25, -0.2) is 4.79 Å². The Hall–Kier alpha value is -3.08. The van der Waals surface area contributed by atoms with Crippen LogP contribution < -0.4 is 10.9 Å². The minimum Gasteiger partial charge on any atom is -0.423 e. The second-order valence-electron chi connectivity index (χ2n) is 7.99. The van der Waals surface area contributed by atoms with Crippen molar-refractivity contribution in [3.05, 3.63) is 76.6 Å². The summed E-state index contributed by atoms with van der Waals surface area (Å²) in [5.41, 5.74) is 2.10. The molecular formula is C25H30N2O3. The maximum atomic E-state index is 12.8.